The van der Waals surface area contributed by atoms with Crippen LogP contribution in [0.15, 0.2) is 0 Å². The van der Waals surface area contributed by atoms with E-state index in [-0.39, 0.29) is 0 Å². The molecule has 0 N–H and O–H groups in total. The molecule has 3 saturated carbocycles. The number of hydrogen-bond acceptors (Lipinski definition) is 0. The van der Waals surface area contributed by atoms with E-state index >= 15 is 0 Å². The molecule has 0 aromatic heterocycles. The van der Waals surface area contributed by atoms with Crippen molar-refractivity contribution < 1.29 is 0 Å². The lowest BCUT2D eigenvalue weighted by molar-refractivity contribution is 0.465. The van der Waals surface area contributed by atoms with Crippen LogP contribution in [0.3, 0.4) is 0 Å². The van der Waals surface area contributed by atoms with Crippen molar-refractivity contribution in [2.45, 2.75) is 40.0 Å². The lowest BCUT2D eigenvalue weighted by Gasteiger charge is -2.02. The second-order valence-corrected chi connectivity index (χ2v) is 6.25. The zero-order valence-corrected chi connectivity index (χ0v) is 9.16. The Kier molecular flexibility index (Phi) is 1.61. The molecule has 0 aromatic carbocycles. The van der Waals surface area contributed by atoms with Crippen molar-refractivity contribution >= 4 is 0 Å². The molecule has 3 aliphatic rings. The van der Waals surface area contributed by atoms with Gasteiger partial charge in [-0.15, -0.1) is 0 Å². The zero-order chi connectivity index (χ0) is 9.16. The van der Waals surface area contributed by atoms with Crippen molar-refractivity contribution in [2.24, 2.45) is 41.4 Å². The maximum atomic E-state index is 2.44. The molecule has 13 heavy (non-hydrogen) atoms. The summed E-state index contributed by atoms with van der Waals surface area (Å²) < 4.78 is 0. The summed E-state index contributed by atoms with van der Waals surface area (Å²) >= 11 is 0. The number of hydrogen-bond donors (Lipinski definition) is 0. The fourth-order valence-corrected chi connectivity index (χ4v) is 3.66. The smallest absolute Gasteiger partial charge is 0.0349 e. The SMILES string of the molecule is CC(C)C1CC1C1CC1C1CC1C. The van der Waals surface area contributed by atoms with Gasteiger partial charge in [0, 0.05) is 0 Å². The van der Waals surface area contributed by atoms with Gasteiger partial charge >= 0.3 is 0 Å². The third-order valence-corrected chi connectivity index (χ3v) is 4.91. The van der Waals surface area contributed by atoms with Gasteiger partial charge in [0.05, 0.1) is 0 Å². The molecule has 0 heteroatoms. The Balaban J connectivity index is 1.50. The summed E-state index contributed by atoms with van der Waals surface area (Å²) in [4.78, 5) is 0. The third kappa shape index (κ3) is 1.33. The maximum Gasteiger partial charge on any atom is -0.0349 e. The lowest BCUT2D eigenvalue weighted by atomic mass is 10.0. The molecule has 74 valence electrons. The highest BCUT2D eigenvalue weighted by atomic mass is 14.6. The van der Waals surface area contributed by atoms with Crippen molar-refractivity contribution in [3.05, 3.63) is 0 Å². The van der Waals surface area contributed by atoms with E-state index in [2.05, 4.69) is 20.8 Å². The summed E-state index contributed by atoms with van der Waals surface area (Å²) in [5.74, 6) is 7.86. The lowest BCUT2D eigenvalue weighted by Crippen LogP contribution is -1.96. The molecule has 3 rings (SSSR count). The topological polar surface area (TPSA) is 0 Å². The second-order valence-electron chi connectivity index (χ2n) is 6.25. The Morgan fingerprint density at radius 1 is 0.846 bits per heavy atom. The molecule has 0 aliphatic heterocycles. The van der Waals surface area contributed by atoms with Crippen molar-refractivity contribution in [1.29, 1.82) is 0 Å². The first-order chi connectivity index (χ1) is 6.18. The van der Waals surface area contributed by atoms with E-state index in [1.54, 1.807) is 19.3 Å². The van der Waals surface area contributed by atoms with Gasteiger partial charge in [0.2, 0.25) is 0 Å². The average molecular weight is 178 g/mol. The highest BCUT2D eigenvalue weighted by Crippen LogP contribution is 2.66. The van der Waals surface area contributed by atoms with Crippen LogP contribution in [0.1, 0.15) is 40.0 Å². The van der Waals surface area contributed by atoms with Crippen LogP contribution < -0.4 is 0 Å². The minimum atomic E-state index is 0.961. The quantitative estimate of drug-likeness (QED) is 0.620. The molecule has 6 atom stereocenters. The Labute approximate surface area is 82.1 Å². The van der Waals surface area contributed by atoms with Gasteiger partial charge < -0.3 is 0 Å². The van der Waals surface area contributed by atoms with Gasteiger partial charge in [0.1, 0.15) is 0 Å². The molecule has 0 amide bonds. The Bertz CT molecular complexity index is 218. The highest BCUT2D eigenvalue weighted by Gasteiger charge is 2.59. The standard InChI is InChI=1S/C13H22/c1-7(2)9-5-11(9)13-6-12(13)10-4-8(10)3/h7-13H,4-6H2,1-3H3. The maximum absolute atomic E-state index is 2.44. The summed E-state index contributed by atoms with van der Waals surface area (Å²) in [5.41, 5.74) is 0. The average Bonchev–Trinajstić information content (AvgIpc) is 2.89. The van der Waals surface area contributed by atoms with Crippen molar-refractivity contribution in [3.8, 4) is 0 Å². The molecule has 3 fully saturated rings. The molecule has 6 unspecified atom stereocenters. The summed E-state index contributed by atoms with van der Waals surface area (Å²) in [6, 6.07) is 0. The van der Waals surface area contributed by atoms with Crippen molar-refractivity contribution in [1.82, 2.24) is 0 Å². The van der Waals surface area contributed by atoms with E-state index < -0.39 is 0 Å². The zero-order valence-electron chi connectivity index (χ0n) is 9.16. The van der Waals surface area contributed by atoms with Crippen LogP contribution in [0.5, 0.6) is 0 Å². The van der Waals surface area contributed by atoms with Gasteiger partial charge in [-0.3, -0.25) is 0 Å². The second kappa shape index (κ2) is 2.52. The van der Waals surface area contributed by atoms with Gasteiger partial charge in [-0.2, -0.15) is 0 Å². The van der Waals surface area contributed by atoms with Crippen LogP contribution in [0.2, 0.25) is 0 Å². The van der Waals surface area contributed by atoms with Crippen LogP contribution in [-0.2, 0) is 0 Å². The molecule has 0 saturated heterocycles. The number of rotatable bonds is 3. The van der Waals surface area contributed by atoms with Crippen molar-refractivity contribution in [3.63, 3.8) is 0 Å². The molecular formula is C13H22. The molecule has 3 aliphatic carbocycles. The third-order valence-electron chi connectivity index (χ3n) is 4.91. The van der Waals surface area contributed by atoms with E-state index in [9.17, 15) is 0 Å². The van der Waals surface area contributed by atoms with E-state index in [0.717, 1.165) is 23.7 Å². The van der Waals surface area contributed by atoms with E-state index in [4.69, 9.17) is 0 Å². The Morgan fingerprint density at radius 3 is 1.92 bits per heavy atom. The van der Waals surface area contributed by atoms with Gasteiger partial charge in [-0.1, -0.05) is 20.8 Å². The van der Waals surface area contributed by atoms with Crippen molar-refractivity contribution in [2.75, 3.05) is 0 Å². The van der Waals surface area contributed by atoms with E-state index in [1.807, 2.05) is 0 Å². The summed E-state index contributed by atoms with van der Waals surface area (Å²) in [7, 11) is 0. The fourth-order valence-electron chi connectivity index (χ4n) is 3.66. The van der Waals surface area contributed by atoms with E-state index in [1.165, 1.54) is 17.8 Å². The first kappa shape index (κ1) is 8.32. The minimum Gasteiger partial charge on any atom is -0.0625 e. The molecule has 0 radical (unpaired) electrons. The largest absolute Gasteiger partial charge is 0.0625 e. The molecule has 0 heterocycles. The van der Waals surface area contributed by atoms with Gasteiger partial charge in [0.15, 0.2) is 0 Å². The van der Waals surface area contributed by atoms with Crippen LogP contribution >= 0.6 is 0 Å². The predicted octanol–water partition coefficient (Wildman–Crippen LogP) is 3.57. The Hall–Kier alpha value is 0. The summed E-state index contributed by atoms with van der Waals surface area (Å²) in [5, 5.41) is 0. The monoisotopic (exact) mass is 178 g/mol. The fraction of sp³-hybridized carbons (Fsp3) is 1.00. The molecule has 0 nitrogen and oxygen atoms in total. The van der Waals surface area contributed by atoms with Gasteiger partial charge in [-0.25, -0.2) is 0 Å². The summed E-state index contributed by atoms with van der Waals surface area (Å²) in [6.07, 6.45) is 4.73. The first-order valence-electron chi connectivity index (χ1n) is 6.18. The van der Waals surface area contributed by atoms with Crippen LogP contribution in [0, 0.1) is 41.4 Å². The normalized spacial score (nSPS) is 58.2. The Morgan fingerprint density at radius 2 is 1.46 bits per heavy atom. The van der Waals surface area contributed by atoms with E-state index in [0.29, 0.717) is 0 Å². The first-order valence-corrected chi connectivity index (χ1v) is 6.18. The van der Waals surface area contributed by atoms with Gasteiger partial charge in [0.25, 0.3) is 0 Å². The minimum absolute atomic E-state index is 0.961. The van der Waals surface area contributed by atoms with Crippen LogP contribution in [0.4, 0.5) is 0 Å². The molecule has 0 aromatic rings. The predicted molar refractivity (Wildman–Crippen MR) is 55.3 cm³/mol. The highest BCUT2D eigenvalue weighted by molar-refractivity contribution is 5.08. The molecule has 0 spiro atoms. The molecular weight excluding hydrogens is 156 g/mol. The van der Waals surface area contributed by atoms with Crippen LogP contribution in [-0.4, -0.2) is 0 Å². The van der Waals surface area contributed by atoms with Gasteiger partial charge in [-0.05, 0) is 60.7 Å². The summed E-state index contributed by atoms with van der Waals surface area (Å²) in [6.45, 7) is 7.25. The molecule has 0 bridgehead atoms. The van der Waals surface area contributed by atoms with Crippen LogP contribution in [0.25, 0.3) is 0 Å².